The van der Waals surface area contributed by atoms with Gasteiger partial charge in [-0.05, 0) is 13.1 Å². The van der Waals surface area contributed by atoms with E-state index < -0.39 is 8.27 Å². The van der Waals surface area contributed by atoms with E-state index in [1.54, 1.807) is 0 Å². The zero-order chi connectivity index (χ0) is 5.70. The second kappa shape index (κ2) is 4.62. The first-order valence-electron chi connectivity index (χ1n) is 2.62. The number of hydrogen-bond acceptors (Lipinski definition) is 1. The summed E-state index contributed by atoms with van der Waals surface area (Å²) in [6, 6.07) is 1.19. The summed E-state index contributed by atoms with van der Waals surface area (Å²) in [6.45, 7) is 2.15. The van der Waals surface area contributed by atoms with Gasteiger partial charge in [-0.15, -0.1) is 0 Å². The third-order valence-corrected chi connectivity index (χ3v) is 3.88. The minimum absolute atomic E-state index is 0.959. The van der Waals surface area contributed by atoms with Crippen molar-refractivity contribution in [3.8, 4) is 0 Å². The molecule has 7 heavy (non-hydrogen) atoms. The SMILES string of the molecule is CCC[SiH](Cl)NC. The van der Waals surface area contributed by atoms with E-state index in [9.17, 15) is 0 Å². The summed E-state index contributed by atoms with van der Waals surface area (Å²) >= 11 is 5.79. The topological polar surface area (TPSA) is 12.0 Å². The Morgan fingerprint density at radius 1 is 1.71 bits per heavy atom. The van der Waals surface area contributed by atoms with Crippen LogP contribution in [-0.4, -0.2) is 15.3 Å². The van der Waals surface area contributed by atoms with Crippen molar-refractivity contribution in [1.29, 1.82) is 0 Å². The van der Waals surface area contributed by atoms with Gasteiger partial charge < -0.3 is 4.98 Å². The molecule has 1 N–H and O–H groups in total. The van der Waals surface area contributed by atoms with Gasteiger partial charge >= 0.3 is 0 Å². The largest absolute Gasteiger partial charge is 0.331 e. The molecule has 3 heteroatoms. The molecule has 0 aliphatic carbocycles. The van der Waals surface area contributed by atoms with Gasteiger partial charge in [0.1, 0.15) is 0 Å². The summed E-state index contributed by atoms with van der Waals surface area (Å²) in [5.74, 6) is 0. The molecule has 0 amide bonds. The smallest absolute Gasteiger partial charge is 0.210 e. The van der Waals surface area contributed by atoms with Crippen LogP contribution >= 0.6 is 11.1 Å². The Morgan fingerprint density at radius 2 is 2.29 bits per heavy atom. The Hall–Kier alpha value is 0.467. The Morgan fingerprint density at radius 3 is 2.43 bits per heavy atom. The van der Waals surface area contributed by atoms with Crippen LogP contribution in [0.1, 0.15) is 13.3 Å². The second-order valence-corrected chi connectivity index (χ2v) is 5.22. The van der Waals surface area contributed by atoms with Crippen LogP contribution < -0.4 is 4.98 Å². The lowest BCUT2D eigenvalue weighted by Gasteiger charge is -1.99. The number of rotatable bonds is 3. The lowest BCUT2D eigenvalue weighted by molar-refractivity contribution is 1.04. The molecule has 0 spiro atoms. The first-order valence-corrected chi connectivity index (χ1v) is 5.76. The normalized spacial score (nSPS) is 14.1. The van der Waals surface area contributed by atoms with Gasteiger partial charge in [0, 0.05) is 0 Å². The average molecular weight is 138 g/mol. The highest BCUT2D eigenvalue weighted by Crippen LogP contribution is 1.95. The summed E-state index contributed by atoms with van der Waals surface area (Å²) < 4.78 is 0. The van der Waals surface area contributed by atoms with Crippen molar-refractivity contribution in [2.24, 2.45) is 0 Å². The predicted molar refractivity (Wildman–Crippen MR) is 37.2 cm³/mol. The van der Waals surface area contributed by atoms with Crippen LogP contribution in [0.3, 0.4) is 0 Å². The number of hydrogen-bond donors (Lipinski definition) is 1. The molecule has 0 bridgehead atoms. The molecule has 0 fully saturated rings. The molecule has 0 radical (unpaired) electrons. The highest BCUT2D eigenvalue weighted by Gasteiger charge is 1.98. The van der Waals surface area contributed by atoms with Crippen LogP contribution in [0, 0.1) is 0 Å². The summed E-state index contributed by atoms with van der Waals surface area (Å²) in [5.41, 5.74) is 0. The Labute approximate surface area is 51.5 Å². The lowest BCUT2D eigenvalue weighted by atomic mass is 10.6. The van der Waals surface area contributed by atoms with Crippen molar-refractivity contribution in [2.75, 3.05) is 7.05 Å². The van der Waals surface area contributed by atoms with Crippen LogP contribution in [0.4, 0.5) is 0 Å². The van der Waals surface area contributed by atoms with Crippen LogP contribution in [0.15, 0.2) is 0 Å². The van der Waals surface area contributed by atoms with Crippen LogP contribution in [0.25, 0.3) is 0 Å². The minimum Gasteiger partial charge on any atom is -0.331 e. The Bertz CT molecular complexity index is 42.7. The van der Waals surface area contributed by atoms with Crippen molar-refractivity contribution in [3.05, 3.63) is 0 Å². The monoisotopic (exact) mass is 137 g/mol. The molecule has 0 aliphatic rings. The van der Waals surface area contributed by atoms with Gasteiger partial charge in [0.2, 0.25) is 8.27 Å². The number of halogens is 1. The summed E-state index contributed by atoms with van der Waals surface area (Å²) in [5, 5.41) is 0. The van der Waals surface area contributed by atoms with Gasteiger partial charge in [0.05, 0.1) is 0 Å². The minimum atomic E-state index is -0.959. The fourth-order valence-electron chi connectivity index (χ4n) is 0.398. The third kappa shape index (κ3) is 4.32. The maximum atomic E-state index is 5.79. The van der Waals surface area contributed by atoms with Gasteiger partial charge in [-0.2, -0.15) is 11.1 Å². The van der Waals surface area contributed by atoms with Crippen molar-refractivity contribution < 1.29 is 0 Å². The van der Waals surface area contributed by atoms with Gasteiger partial charge in [-0.25, -0.2) is 0 Å². The maximum Gasteiger partial charge on any atom is 0.210 e. The molecule has 0 aromatic heterocycles. The van der Waals surface area contributed by atoms with Crippen molar-refractivity contribution in [3.63, 3.8) is 0 Å². The molecular weight excluding hydrogens is 126 g/mol. The van der Waals surface area contributed by atoms with E-state index in [0.717, 1.165) is 0 Å². The summed E-state index contributed by atoms with van der Waals surface area (Å²) in [7, 11) is 0.971. The molecule has 0 aromatic carbocycles. The van der Waals surface area contributed by atoms with E-state index in [2.05, 4.69) is 11.9 Å². The van der Waals surface area contributed by atoms with E-state index in [1.807, 2.05) is 7.05 Å². The average Bonchev–Trinajstić information content (AvgIpc) is 1.68. The molecule has 0 saturated carbocycles. The van der Waals surface area contributed by atoms with Crippen molar-refractivity contribution in [2.45, 2.75) is 19.4 Å². The van der Waals surface area contributed by atoms with Gasteiger partial charge in [-0.3, -0.25) is 0 Å². The van der Waals surface area contributed by atoms with E-state index in [4.69, 9.17) is 11.1 Å². The quantitative estimate of drug-likeness (QED) is 0.454. The lowest BCUT2D eigenvalue weighted by Crippen LogP contribution is -2.22. The fraction of sp³-hybridized carbons (Fsp3) is 1.00. The van der Waals surface area contributed by atoms with E-state index in [0.29, 0.717) is 0 Å². The highest BCUT2D eigenvalue weighted by molar-refractivity contribution is 7.05. The molecule has 1 unspecified atom stereocenters. The predicted octanol–water partition coefficient (Wildman–Crippen LogP) is 1.08. The van der Waals surface area contributed by atoms with E-state index >= 15 is 0 Å². The molecule has 0 heterocycles. The highest BCUT2D eigenvalue weighted by atomic mass is 35.6. The molecule has 1 nitrogen and oxygen atoms in total. The van der Waals surface area contributed by atoms with Gasteiger partial charge in [0.15, 0.2) is 0 Å². The Balaban J connectivity index is 2.83. The zero-order valence-corrected chi connectivity index (χ0v) is 6.78. The Kier molecular flexibility index (Phi) is 4.93. The first kappa shape index (κ1) is 7.47. The molecule has 0 aliphatic heterocycles. The van der Waals surface area contributed by atoms with Crippen LogP contribution in [0.2, 0.25) is 6.04 Å². The van der Waals surface area contributed by atoms with Crippen molar-refractivity contribution in [1.82, 2.24) is 4.98 Å². The first-order chi connectivity index (χ1) is 3.31. The van der Waals surface area contributed by atoms with E-state index in [1.165, 1.54) is 12.5 Å². The van der Waals surface area contributed by atoms with Gasteiger partial charge in [-0.1, -0.05) is 13.3 Å². The fourth-order valence-corrected chi connectivity index (χ4v) is 1.85. The maximum absolute atomic E-state index is 5.79. The van der Waals surface area contributed by atoms with Crippen LogP contribution in [0.5, 0.6) is 0 Å². The molecule has 0 saturated heterocycles. The molecule has 0 aromatic rings. The summed E-state index contributed by atoms with van der Waals surface area (Å²) in [4.78, 5) is 3.07. The standard InChI is InChI=1S/C4H12ClNSi/c1-3-4-7(5)6-2/h6-7H,3-4H2,1-2H3. The second-order valence-electron chi connectivity index (χ2n) is 1.54. The molecular formula is C4H12ClNSi. The molecule has 44 valence electrons. The molecule has 1 atom stereocenters. The van der Waals surface area contributed by atoms with E-state index in [-0.39, 0.29) is 0 Å². The number of nitrogens with one attached hydrogen (secondary N) is 1. The molecule has 0 rings (SSSR count). The third-order valence-electron chi connectivity index (χ3n) is 0.855. The van der Waals surface area contributed by atoms with Gasteiger partial charge in [0.25, 0.3) is 0 Å². The van der Waals surface area contributed by atoms with Crippen LogP contribution in [-0.2, 0) is 0 Å². The summed E-state index contributed by atoms with van der Waals surface area (Å²) in [6.07, 6.45) is 1.21. The van der Waals surface area contributed by atoms with Crippen molar-refractivity contribution >= 4 is 19.3 Å². The zero-order valence-electron chi connectivity index (χ0n) is 4.87.